The van der Waals surface area contributed by atoms with Crippen LogP contribution in [0.3, 0.4) is 0 Å². The number of carbonyl (C=O) groups excluding carboxylic acids is 3. The Hall–Kier alpha value is -3.69. The molecule has 2 unspecified atom stereocenters. The molecule has 0 heterocycles. The molecule has 2 amide bonds. The number of hydrogen-bond donors (Lipinski definition) is 4. The van der Waals surface area contributed by atoms with Gasteiger partial charge in [-0.2, -0.15) is 0 Å². The molecule has 2 rings (SSSR count). The third-order valence-corrected chi connectivity index (χ3v) is 8.39. The highest BCUT2D eigenvalue weighted by atomic mass is 31.2. The van der Waals surface area contributed by atoms with Crippen molar-refractivity contribution in [1.82, 2.24) is 10.6 Å². The highest BCUT2D eigenvalue weighted by Crippen LogP contribution is 2.47. The second-order valence-electron chi connectivity index (χ2n) is 9.86. The number of carbonyl (C=O) groups is 4. The zero-order valence-corrected chi connectivity index (χ0v) is 24.1. The van der Waals surface area contributed by atoms with E-state index in [1.54, 1.807) is 26.0 Å². The van der Waals surface area contributed by atoms with Crippen molar-refractivity contribution in [2.45, 2.75) is 59.2 Å². The van der Waals surface area contributed by atoms with E-state index < -0.39 is 67.4 Å². The second-order valence-corrected chi connectivity index (χ2v) is 12.5. The van der Waals surface area contributed by atoms with Crippen LogP contribution in [0, 0.1) is 11.8 Å². The predicted octanol–water partition coefficient (Wildman–Crippen LogP) is 3.99. The molecule has 218 valence electrons. The van der Waals surface area contributed by atoms with Crippen LogP contribution in [-0.2, 0) is 34.8 Å². The van der Waals surface area contributed by atoms with Crippen molar-refractivity contribution < 1.29 is 43.2 Å². The summed E-state index contributed by atoms with van der Waals surface area (Å²) in [4.78, 5) is 59.0. The number of rotatable bonds is 13. The van der Waals surface area contributed by atoms with Crippen LogP contribution in [-0.4, -0.2) is 58.2 Å². The van der Waals surface area contributed by atoms with Crippen LogP contribution in [0.5, 0.6) is 0 Å². The number of alkyl carbamates (subject to hydrolysis) is 1. The lowest BCUT2D eigenvalue weighted by Crippen LogP contribution is -2.44. The van der Waals surface area contributed by atoms with Crippen molar-refractivity contribution in [3.8, 4) is 11.1 Å². The summed E-state index contributed by atoms with van der Waals surface area (Å²) < 4.78 is 23.2. The zero-order chi connectivity index (χ0) is 30.0. The standard InChI is InChI=1S/C28H37N2O9P/c1-17(2)27(34)38-20(5)39-28(35)30-19(4)40(36,37)16-24(25(31)29-18(3)26(32)33)15-21-11-13-23(14-12-21)22-9-7-6-8-10-22/h6-14,17-20,24H,15-16H2,1-5H3,(H,29,31)(H,30,35)(H,32,33)(H,36,37)/t18-,19+,20?,24+/m1/s1. The monoisotopic (exact) mass is 576 g/mol. The number of ether oxygens (including phenoxy) is 2. The SMILES string of the molecule is CC(OC(=O)N[C@H](C)P(=O)(O)C[C@H](Cc1ccc(-c2ccccc2)cc1)C(=O)N[C@H](C)C(=O)O)OC(=O)C(C)C. The lowest BCUT2D eigenvalue weighted by atomic mass is 9.97. The molecule has 0 spiro atoms. The van der Waals surface area contributed by atoms with Crippen LogP contribution >= 0.6 is 7.37 Å². The van der Waals surface area contributed by atoms with Gasteiger partial charge in [-0.15, -0.1) is 0 Å². The number of esters is 1. The first-order chi connectivity index (χ1) is 18.7. The molecule has 0 radical (unpaired) electrons. The van der Waals surface area contributed by atoms with E-state index in [9.17, 15) is 33.7 Å². The van der Waals surface area contributed by atoms with Gasteiger partial charge in [0.2, 0.25) is 19.6 Å². The summed E-state index contributed by atoms with van der Waals surface area (Å²) in [5.74, 6) is -5.38. The largest absolute Gasteiger partial charge is 0.480 e. The molecule has 0 aromatic heterocycles. The van der Waals surface area contributed by atoms with Gasteiger partial charge in [0.1, 0.15) is 11.8 Å². The van der Waals surface area contributed by atoms with E-state index in [-0.39, 0.29) is 6.42 Å². The lowest BCUT2D eigenvalue weighted by molar-refractivity contribution is -0.168. The fourth-order valence-corrected chi connectivity index (χ4v) is 5.19. The van der Waals surface area contributed by atoms with Crippen LogP contribution in [0.1, 0.15) is 40.2 Å². The molecule has 0 saturated carbocycles. The molecule has 5 atom stereocenters. The van der Waals surface area contributed by atoms with Gasteiger partial charge in [-0.1, -0.05) is 68.4 Å². The summed E-state index contributed by atoms with van der Waals surface area (Å²) in [5.41, 5.74) is 2.64. The van der Waals surface area contributed by atoms with Crippen LogP contribution in [0.4, 0.5) is 4.79 Å². The number of aliphatic carboxylic acids is 1. The summed E-state index contributed by atoms with van der Waals surface area (Å²) in [5, 5.41) is 13.8. The quantitative estimate of drug-likeness (QED) is 0.157. The minimum atomic E-state index is -4.22. The van der Waals surface area contributed by atoms with Crippen LogP contribution in [0.15, 0.2) is 54.6 Å². The maximum absolute atomic E-state index is 13.3. The fraction of sp³-hybridized carbons (Fsp3) is 0.429. The van der Waals surface area contributed by atoms with E-state index >= 15 is 0 Å². The summed E-state index contributed by atoms with van der Waals surface area (Å²) in [6, 6.07) is 15.8. The van der Waals surface area contributed by atoms with Crippen molar-refractivity contribution in [3.05, 3.63) is 60.2 Å². The van der Waals surface area contributed by atoms with Crippen LogP contribution < -0.4 is 10.6 Å². The van der Waals surface area contributed by atoms with E-state index in [4.69, 9.17) is 9.47 Å². The lowest BCUT2D eigenvalue weighted by Gasteiger charge is -2.26. The third-order valence-electron chi connectivity index (χ3n) is 6.08. The van der Waals surface area contributed by atoms with Gasteiger partial charge in [-0.3, -0.25) is 18.9 Å². The number of nitrogens with one attached hydrogen (secondary N) is 2. The molecule has 12 heteroatoms. The first-order valence-electron chi connectivity index (χ1n) is 12.9. The van der Waals surface area contributed by atoms with Crippen LogP contribution in [0.2, 0.25) is 0 Å². The maximum Gasteiger partial charge on any atom is 0.410 e. The van der Waals surface area contributed by atoms with Gasteiger partial charge in [0.15, 0.2) is 0 Å². The number of hydrogen-bond acceptors (Lipinski definition) is 7. The molecular weight excluding hydrogens is 539 g/mol. The normalized spacial score (nSPS) is 15.6. The molecule has 0 aliphatic heterocycles. The second kappa shape index (κ2) is 14.6. The van der Waals surface area contributed by atoms with Gasteiger partial charge >= 0.3 is 18.0 Å². The molecule has 4 N–H and O–H groups in total. The first kappa shape index (κ1) is 32.5. The Labute approximate surface area is 233 Å². The number of carboxylic acids is 1. The average molecular weight is 577 g/mol. The number of benzene rings is 2. The van der Waals surface area contributed by atoms with E-state index in [1.165, 1.54) is 20.8 Å². The van der Waals surface area contributed by atoms with Gasteiger partial charge in [0, 0.05) is 13.1 Å². The summed E-state index contributed by atoms with van der Waals surface area (Å²) in [6.07, 6.45) is -2.79. The molecule has 0 fully saturated rings. The Morgan fingerprint density at radius 1 is 0.850 bits per heavy atom. The molecule has 40 heavy (non-hydrogen) atoms. The first-order valence-corrected chi connectivity index (χ1v) is 14.8. The topological polar surface area (TPSA) is 168 Å². The van der Waals surface area contributed by atoms with Gasteiger partial charge in [0.25, 0.3) is 0 Å². The van der Waals surface area contributed by atoms with E-state index in [2.05, 4.69) is 10.6 Å². The van der Waals surface area contributed by atoms with Gasteiger partial charge in [-0.25, -0.2) is 4.79 Å². The Kier molecular flexibility index (Phi) is 11.9. The number of carboxylic acid groups (broad SMARTS) is 1. The molecule has 0 bridgehead atoms. The van der Waals surface area contributed by atoms with E-state index in [0.29, 0.717) is 5.56 Å². The third kappa shape index (κ3) is 10.1. The van der Waals surface area contributed by atoms with Crippen LogP contribution in [0.25, 0.3) is 11.1 Å². The average Bonchev–Trinajstić information content (AvgIpc) is 2.88. The predicted molar refractivity (Wildman–Crippen MR) is 148 cm³/mol. The molecule has 0 aliphatic carbocycles. The molecule has 0 aliphatic rings. The Morgan fingerprint density at radius 2 is 1.43 bits per heavy atom. The number of amides is 2. The smallest absolute Gasteiger partial charge is 0.410 e. The van der Waals surface area contributed by atoms with Crippen molar-refractivity contribution in [2.75, 3.05) is 6.16 Å². The molecular formula is C28H37N2O9P. The molecule has 2 aromatic rings. The summed E-state index contributed by atoms with van der Waals surface area (Å²) in [7, 11) is -4.22. The van der Waals surface area contributed by atoms with Crippen molar-refractivity contribution in [2.24, 2.45) is 11.8 Å². The molecule has 0 saturated heterocycles. The fourth-order valence-electron chi connectivity index (χ4n) is 3.64. The minimum absolute atomic E-state index is 0.0527. The minimum Gasteiger partial charge on any atom is -0.480 e. The molecule has 11 nitrogen and oxygen atoms in total. The van der Waals surface area contributed by atoms with E-state index in [1.807, 2.05) is 42.5 Å². The Balaban J connectivity index is 2.14. The maximum atomic E-state index is 13.3. The highest BCUT2D eigenvalue weighted by molar-refractivity contribution is 7.58. The Bertz CT molecular complexity index is 1220. The van der Waals surface area contributed by atoms with Gasteiger partial charge in [0.05, 0.1) is 11.8 Å². The van der Waals surface area contributed by atoms with Crippen molar-refractivity contribution >= 4 is 31.3 Å². The zero-order valence-electron chi connectivity index (χ0n) is 23.2. The summed E-state index contributed by atoms with van der Waals surface area (Å²) >= 11 is 0. The van der Waals surface area contributed by atoms with Crippen molar-refractivity contribution in [3.63, 3.8) is 0 Å². The highest BCUT2D eigenvalue weighted by Gasteiger charge is 2.36. The van der Waals surface area contributed by atoms with Gasteiger partial charge < -0.3 is 30.1 Å². The van der Waals surface area contributed by atoms with Gasteiger partial charge in [-0.05, 0) is 37.0 Å². The van der Waals surface area contributed by atoms with E-state index in [0.717, 1.165) is 11.1 Å². The Morgan fingerprint density at radius 3 is 1.98 bits per heavy atom. The summed E-state index contributed by atoms with van der Waals surface area (Å²) in [6.45, 7) is 7.13. The molecule has 2 aromatic carbocycles. The van der Waals surface area contributed by atoms with Crippen molar-refractivity contribution in [1.29, 1.82) is 0 Å².